The van der Waals surface area contributed by atoms with Crippen LogP contribution >= 0.6 is 0 Å². The number of aromatic nitrogens is 2. The van der Waals surface area contributed by atoms with Crippen LogP contribution in [0.3, 0.4) is 0 Å². The Morgan fingerprint density at radius 2 is 2.32 bits per heavy atom. The number of nitrogens with one attached hydrogen (secondary N) is 1. The van der Waals surface area contributed by atoms with Gasteiger partial charge in [0.05, 0.1) is 18.4 Å². The van der Waals surface area contributed by atoms with Gasteiger partial charge < -0.3 is 16.2 Å². The Labute approximate surface area is 110 Å². The van der Waals surface area contributed by atoms with Crippen molar-refractivity contribution in [2.45, 2.75) is 13.5 Å². The quantitative estimate of drug-likeness (QED) is 0.761. The second-order valence-electron chi connectivity index (χ2n) is 4.24. The highest BCUT2D eigenvalue weighted by Crippen LogP contribution is 2.19. The Hall–Kier alpha value is -2.50. The smallest absolute Gasteiger partial charge is 0.251 e. The number of nitrogen functional groups attached to an aromatic ring is 1. The SMILES string of the molecule is Cc1c(O)cccc1C(=O)NCCn1cc(N)cn1. The number of phenols is 1. The number of aromatic hydroxyl groups is 1. The van der Waals surface area contributed by atoms with Crippen molar-refractivity contribution in [3.05, 3.63) is 41.7 Å². The lowest BCUT2D eigenvalue weighted by Crippen LogP contribution is -2.27. The van der Waals surface area contributed by atoms with Crippen LogP contribution in [0.4, 0.5) is 5.69 Å². The van der Waals surface area contributed by atoms with Crippen molar-refractivity contribution in [1.29, 1.82) is 0 Å². The van der Waals surface area contributed by atoms with Crippen LogP contribution in [0.25, 0.3) is 0 Å². The number of hydrogen-bond donors (Lipinski definition) is 3. The van der Waals surface area contributed by atoms with Gasteiger partial charge in [0.15, 0.2) is 0 Å². The first-order valence-electron chi connectivity index (χ1n) is 5.92. The van der Waals surface area contributed by atoms with Gasteiger partial charge in [0.1, 0.15) is 5.75 Å². The summed E-state index contributed by atoms with van der Waals surface area (Å²) < 4.78 is 1.66. The first kappa shape index (κ1) is 12.9. The summed E-state index contributed by atoms with van der Waals surface area (Å²) in [6, 6.07) is 4.88. The number of rotatable bonds is 4. The average Bonchev–Trinajstić information content (AvgIpc) is 2.78. The molecule has 4 N–H and O–H groups in total. The largest absolute Gasteiger partial charge is 0.508 e. The third-order valence-corrected chi connectivity index (χ3v) is 2.83. The maximum absolute atomic E-state index is 11.9. The molecule has 0 spiro atoms. The Morgan fingerprint density at radius 1 is 1.53 bits per heavy atom. The molecule has 0 saturated carbocycles. The number of phenolic OH excluding ortho intramolecular Hbond substituents is 1. The second-order valence-corrected chi connectivity index (χ2v) is 4.24. The molecule has 0 aliphatic heterocycles. The van der Waals surface area contributed by atoms with Crippen LogP contribution in [0.15, 0.2) is 30.6 Å². The van der Waals surface area contributed by atoms with E-state index in [1.165, 1.54) is 0 Å². The molecule has 0 bridgehead atoms. The molecule has 1 aromatic carbocycles. The van der Waals surface area contributed by atoms with E-state index in [0.717, 1.165) is 0 Å². The van der Waals surface area contributed by atoms with Crippen molar-refractivity contribution in [3.63, 3.8) is 0 Å². The van der Waals surface area contributed by atoms with Gasteiger partial charge in [-0.1, -0.05) is 6.07 Å². The predicted molar refractivity (Wildman–Crippen MR) is 71.8 cm³/mol. The summed E-state index contributed by atoms with van der Waals surface area (Å²) in [5.41, 5.74) is 7.18. The number of carbonyl (C=O) groups is 1. The van der Waals surface area contributed by atoms with Crippen LogP contribution in [-0.2, 0) is 6.54 Å². The molecule has 1 aromatic heterocycles. The van der Waals surface area contributed by atoms with E-state index in [0.29, 0.717) is 29.9 Å². The van der Waals surface area contributed by atoms with E-state index >= 15 is 0 Å². The van der Waals surface area contributed by atoms with E-state index in [9.17, 15) is 9.90 Å². The van der Waals surface area contributed by atoms with Crippen LogP contribution in [0.1, 0.15) is 15.9 Å². The zero-order valence-corrected chi connectivity index (χ0v) is 10.6. The molecule has 0 saturated heterocycles. The molecule has 6 heteroatoms. The minimum Gasteiger partial charge on any atom is -0.508 e. The van der Waals surface area contributed by atoms with Crippen LogP contribution < -0.4 is 11.1 Å². The van der Waals surface area contributed by atoms with E-state index in [2.05, 4.69) is 10.4 Å². The lowest BCUT2D eigenvalue weighted by molar-refractivity contribution is 0.0951. The van der Waals surface area contributed by atoms with Crippen LogP contribution in [0.2, 0.25) is 0 Å². The lowest BCUT2D eigenvalue weighted by atomic mass is 10.1. The molecule has 0 radical (unpaired) electrons. The first-order chi connectivity index (χ1) is 9.08. The van der Waals surface area contributed by atoms with Gasteiger partial charge in [-0.15, -0.1) is 0 Å². The van der Waals surface area contributed by atoms with Crippen LogP contribution in [-0.4, -0.2) is 27.3 Å². The van der Waals surface area contributed by atoms with Crippen molar-refractivity contribution in [2.75, 3.05) is 12.3 Å². The van der Waals surface area contributed by atoms with Gasteiger partial charge in [0.2, 0.25) is 0 Å². The second kappa shape index (κ2) is 5.43. The molecule has 0 atom stereocenters. The van der Waals surface area contributed by atoms with Crippen molar-refractivity contribution in [3.8, 4) is 5.75 Å². The minimum atomic E-state index is -0.214. The zero-order chi connectivity index (χ0) is 13.8. The topological polar surface area (TPSA) is 93.2 Å². The fourth-order valence-corrected chi connectivity index (χ4v) is 1.75. The van der Waals surface area contributed by atoms with E-state index in [-0.39, 0.29) is 11.7 Å². The summed E-state index contributed by atoms with van der Waals surface area (Å²) in [5.74, 6) is -0.0963. The maximum atomic E-state index is 11.9. The molecule has 0 unspecified atom stereocenters. The fourth-order valence-electron chi connectivity index (χ4n) is 1.75. The van der Waals surface area contributed by atoms with Crippen molar-refractivity contribution in [2.24, 2.45) is 0 Å². The summed E-state index contributed by atoms with van der Waals surface area (Å²) in [5, 5.41) is 16.3. The van der Waals surface area contributed by atoms with Gasteiger partial charge in [-0.05, 0) is 19.1 Å². The summed E-state index contributed by atoms with van der Waals surface area (Å²) in [6.07, 6.45) is 3.26. The molecule has 0 aliphatic carbocycles. The molecule has 19 heavy (non-hydrogen) atoms. The van der Waals surface area contributed by atoms with Gasteiger partial charge >= 0.3 is 0 Å². The molecular formula is C13H16N4O2. The van der Waals surface area contributed by atoms with Gasteiger partial charge in [-0.25, -0.2) is 0 Å². The van der Waals surface area contributed by atoms with Crippen molar-refractivity contribution >= 4 is 11.6 Å². The predicted octanol–water partition coefficient (Wildman–Crippen LogP) is 0.909. The van der Waals surface area contributed by atoms with Gasteiger partial charge in [-0.3, -0.25) is 9.48 Å². The lowest BCUT2D eigenvalue weighted by Gasteiger charge is -2.08. The Kier molecular flexibility index (Phi) is 3.70. The highest BCUT2D eigenvalue weighted by Gasteiger charge is 2.10. The summed E-state index contributed by atoms with van der Waals surface area (Å²) >= 11 is 0. The molecule has 1 heterocycles. The van der Waals surface area contributed by atoms with Gasteiger partial charge in [0, 0.05) is 23.9 Å². The number of hydrogen-bond acceptors (Lipinski definition) is 4. The molecule has 6 nitrogen and oxygen atoms in total. The summed E-state index contributed by atoms with van der Waals surface area (Å²) in [6.45, 7) is 2.69. The monoisotopic (exact) mass is 260 g/mol. The Balaban J connectivity index is 1.93. The molecule has 2 rings (SSSR count). The Morgan fingerprint density at radius 3 is 3.00 bits per heavy atom. The highest BCUT2D eigenvalue weighted by atomic mass is 16.3. The van der Waals surface area contributed by atoms with Gasteiger partial charge in [-0.2, -0.15) is 5.10 Å². The standard InChI is InChI=1S/C13H16N4O2/c1-9-11(3-2-4-12(9)18)13(19)15-5-6-17-8-10(14)7-16-17/h2-4,7-8,18H,5-6,14H2,1H3,(H,15,19). The van der Waals surface area contributed by atoms with Crippen LogP contribution in [0, 0.1) is 6.92 Å². The zero-order valence-electron chi connectivity index (χ0n) is 10.6. The molecular weight excluding hydrogens is 244 g/mol. The first-order valence-corrected chi connectivity index (χ1v) is 5.92. The molecule has 2 aromatic rings. The van der Waals surface area contributed by atoms with Crippen molar-refractivity contribution < 1.29 is 9.90 Å². The number of amides is 1. The summed E-state index contributed by atoms with van der Waals surface area (Å²) in [4.78, 5) is 11.9. The van der Waals surface area contributed by atoms with Crippen molar-refractivity contribution in [1.82, 2.24) is 15.1 Å². The third-order valence-electron chi connectivity index (χ3n) is 2.83. The van der Waals surface area contributed by atoms with Gasteiger partial charge in [0.25, 0.3) is 5.91 Å². The number of anilines is 1. The fraction of sp³-hybridized carbons (Fsp3) is 0.231. The highest BCUT2D eigenvalue weighted by molar-refractivity contribution is 5.96. The minimum absolute atomic E-state index is 0.118. The maximum Gasteiger partial charge on any atom is 0.251 e. The van der Waals surface area contributed by atoms with Crippen LogP contribution in [0.5, 0.6) is 5.75 Å². The van der Waals surface area contributed by atoms with E-state index in [4.69, 9.17) is 5.73 Å². The number of nitrogens with two attached hydrogens (primary N) is 1. The number of nitrogens with zero attached hydrogens (tertiary/aromatic N) is 2. The van der Waals surface area contributed by atoms with E-state index in [1.54, 1.807) is 42.2 Å². The average molecular weight is 260 g/mol. The number of carbonyl (C=O) groups excluding carboxylic acids is 1. The normalized spacial score (nSPS) is 10.4. The Bertz CT molecular complexity index is 592. The molecule has 0 aliphatic rings. The van der Waals surface area contributed by atoms with E-state index in [1.807, 2.05) is 0 Å². The third kappa shape index (κ3) is 3.04. The molecule has 0 fully saturated rings. The molecule has 100 valence electrons. The molecule has 1 amide bonds. The summed E-state index contributed by atoms with van der Waals surface area (Å²) in [7, 11) is 0. The number of benzene rings is 1. The van der Waals surface area contributed by atoms with E-state index < -0.39 is 0 Å².